The van der Waals surface area contributed by atoms with Crippen LogP contribution in [0.1, 0.15) is 21.6 Å². The van der Waals surface area contributed by atoms with Crippen LogP contribution in [0.25, 0.3) is 0 Å². The predicted octanol–water partition coefficient (Wildman–Crippen LogP) is 3.55. The van der Waals surface area contributed by atoms with Crippen LogP contribution in [0.5, 0.6) is 5.75 Å². The van der Waals surface area contributed by atoms with Crippen molar-refractivity contribution in [1.29, 1.82) is 0 Å². The molecule has 0 N–H and O–H groups in total. The Labute approximate surface area is 107 Å². The van der Waals surface area contributed by atoms with Gasteiger partial charge in [-0.25, -0.2) is 4.98 Å². The molecule has 0 saturated carbocycles. The van der Waals surface area contributed by atoms with Crippen molar-refractivity contribution in [2.24, 2.45) is 0 Å². The van der Waals surface area contributed by atoms with Gasteiger partial charge in [0, 0.05) is 5.56 Å². The van der Waals surface area contributed by atoms with Crippen molar-refractivity contribution in [3.63, 3.8) is 0 Å². The minimum Gasteiger partial charge on any atom is -0.403 e. The van der Waals surface area contributed by atoms with Crippen LogP contribution in [-0.2, 0) is 12.1 Å². The van der Waals surface area contributed by atoms with Crippen molar-refractivity contribution in [1.82, 2.24) is 4.98 Å². The molecule has 1 rings (SSSR count). The molecule has 0 atom stereocenters. The van der Waals surface area contributed by atoms with Crippen molar-refractivity contribution in [3.05, 3.63) is 23.0 Å². The van der Waals surface area contributed by atoms with E-state index in [1.54, 1.807) is 0 Å². The number of rotatable bonds is 3. The van der Waals surface area contributed by atoms with Crippen LogP contribution >= 0.6 is 11.6 Å². The van der Waals surface area contributed by atoms with E-state index in [0.29, 0.717) is 0 Å². The van der Waals surface area contributed by atoms with Gasteiger partial charge in [0.25, 0.3) is 0 Å². The van der Waals surface area contributed by atoms with E-state index >= 15 is 0 Å². The molecule has 0 aliphatic carbocycles. The molecule has 0 bridgehead atoms. The first-order valence-electron chi connectivity index (χ1n) is 4.46. The maximum atomic E-state index is 12.7. The molecular weight excluding hydrogens is 304 g/mol. The maximum absolute atomic E-state index is 12.7. The summed E-state index contributed by atoms with van der Waals surface area (Å²) in [5.74, 6) is -2.40. The number of nitrogens with zero attached hydrogens (tertiary/aromatic N) is 1. The van der Waals surface area contributed by atoms with Crippen molar-refractivity contribution in [3.8, 4) is 5.75 Å². The minimum absolute atomic E-state index is 0.0374. The maximum Gasteiger partial charge on any atom is 0.573 e. The quantitative estimate of drug-likeness (QED) is 0.487. The standard InChI is InChI=1S/C9H4ClF6NO2/c10-1-4-5(3-18)17-2-6(19-9(14,15)16)7(4)8(11,12)13/h2-3H,1H2. The molecule has 1 aromatic heterocycles. The van der Waals surface area contributed by atoms with Gasteiger partial charge < -0.3 is 4.74 Å². The molecule has 0 aliphatic rings. The van der Waals surface area contributed by atoms with E-state index in [0.717, 1.165) is 0 Å². The van der Waals surface area contributed by atoms with E-state index in [9.17, 15) is 31.1 Å². The number of alkyl halides is 7. The fourth-order valence-corrected chi connectivity index (χ4v) is 1.57. The van der Waals surface area contributed by atoms with Gasteiger partial charge >= 0.3 is 12.5 Å². The molecule has 1 aromatic rings. The third-order valence-corrected chi connectivity index (χ3v) is 2.20. The summed E-state index contributed by atoms with van der Waals surface area (Å²) in [4.78, 5) is 13.7. The Balaban J connectivity index is 3.52. The lowest BCUT2D eigenvalue weighted by Gasteiger charge is -2.18. The Morgan fingerprint density at radius 2 is 1.84 bits per heavy atom. The largest absolute Gasteiger partial charge is 0.573 e. The minimum atomic E-state index is -5.33. The Morgan fingerprint density at radius 1 is 1.26 bits per heavy atom. The molecule has 1 heterocycles. The van der Waals surface area contributed by atoms with Crippen LogP contribution in [0.3, 0.4) is 0 Å². The molecule has 0 aromatic carbocycles. The molecule has 0 unspecified atom stereocenters. The summed E-state index contributed by atoms with van der Waals surface area (Å²) in [6.45, 7) is 0. The first-order chi connectivity index (χ1) is 8.60. The van der Waals surface area contributed by atoms with Crippen LogP contribution in [0.4, 0.5) is 26.3 Å². The number of pyridine rings is 1. The highest BCUT2D eigenvalue weighted by atomic mass is 35.5. The summed E-state index contributed by atoms with van der Waals surface area (Å²) in [5, 5.41) is 0. The van der Waals surface area contributed by atoms with Gasteiger partial charge in [-0.3, -0.25) is 4.79 Å². The predicted molar refractivity (Wildman–Crippen MR) is 50.9 cm³/mol. The number of halogens is 7. The topological polar surface area (TPSA) is 39.2 Å². The Hall–Kier alpha value is -1.51. The fourth-order valence-electron chi connectivity index (χ4n) is 1.30. The van der Waals surface area contributed by atoms with Crippen molar-refractivity contribution < 1.29 is 35.9 Å². The van der Waals surface area contributed by atoms with Crippen LogP contribution in [0.2, 0.25) is 0 Å². The van der Waals surface area contributed by atoms with Gasteiger partial charge in [-0.05, 0) is 0 Å². The van der Waals surface area contributed by atoms with Gasteiger partial charge in [0.1, 0.15) is 11.3 Å². The smallest absolute Gasteiger partial charge is 0.403 e. The monoisotopic (exact) mass is 307 g/mol. The number of hydrogen-bond acceptors (Lipinski definition) is 3. The molecule has 0 spiro atoms. The zero-order valence-electron chi connectivity index (χ0n) is 8.77. The van der Waals surface area contributed by atoms with Crippen molar-refractivity contribution >= 4 is 17.9 Å². The number of aromatic nitrogens is 1. The Morgan fingerprint density at radius 3 is 2.21 bits per heavy atom. The molecule has 0 aliphatic heterocycles. The van der Waals surface area contributed by atoms with E-state index in [-0.39, 0.29) is 12.5 Å². The molecule has 3 nitrogen and oxygen atoms in total. The zero-order chi connectivity index (χ0) is 14.8. The molecule has 0 saturated heterocycles. The van der Waals surface area contributed by atoms with Gasteiger partial charge in [0.05, 0.1) is 12.1 Å². The number of hydrogen-bond donors (Lipinski definition) is 0. The molecule has 19 heavy (non-hydrogen) atoms. The summed E-state index contributed by atoms with van der Waals surface area (Å²) in [5.41, 5.74) is -3.33. The summed E-state index contributed by atoms with van der Waals surface area (Å²) in [6.07, 6.45) is -10.4. The summed E-state index contributed by atoms with van der Waals surface area (Å²) >= 11 is 5.23. The summed E-state index contributed by atoms with van der Waals surface area (Å²) in [7, 11) is 0. The Kier molecular flexibility index (Phi) is 4.28. The third kappa shape index (κ3) is 3.72. The first kappa shape index (κ1) is 15.5. The van der Waals surface area contributed by atoms with Gasteiger partial charge in [0.2, 0.25) is 0 Å². The van der Waals surface area contributed by atoms with Crippen LogP contribution in [0.15, 0.2) is 6.20 Å². The molecular formula is C9H4ClF6NO2. The van der Waals surface area contributed by atoms with Gasteiger partial charge in [0.15, 0.2) is 12.0 Å². The molecule has 0 amide bonds. The number of ether oxygens (including phenoxy) is 1. The second-order valence-corrected chi connectivity index (χ2v) is 3.43. The van der Waals surface area contributed by atoms with E-state index in [1.807, 2.05) is 0 Å². The average Bonchev–Trinajstić information content (AvgIpc) is 2.24. The van der Waals surface area contributed by atoms with E-state index in [1.165, 1.54) is 0 Å². The molecule has 0 fully saturated rings. The van der Waals surface area contributed by atoms with Crippen LogP contribution in [0, 0.1) is 0 Å². The van der Waals surface area contributed by atoms with Gasteiger partial charge in [-0.1, -0.05) is 0 Å². The van der Waals surface area contributed by atoms with Crippen LogP contribution < -0.4 is 4.74 Å². The van der Waals surface area contributed by atoms with Crippen molar-refractivity contribution in [2.75, 3.05) is 0 Å². The highest BCUT2D eigenvalue weighted by Crippen LogP contribution is 2.41. The first-order valence-corrected chi connectivity index (χ1v) is 4.99. The Bertz CT molecular complexity index is 485. The van der Waals surface area contributed by atoms with Gasteiger partial charge in [-0.2, -0.15) is 13.2 Å². The van der Waals surface area contributed by atoms with Gasteiger partial charge in [-0.15, -0.1) is 24.8 Å². The molecule has 106 valence electrons. The van der Waals surface area contributed by atoms with E-state index in [2.05, 4.69) is 9.72 Å². The molecule has 0 radical (unpaired) electrons. The fraction of sp³-hybridized carbons (Fsp3) is 0.333. The lowest BCUT2D eigenvalue weighted by atomic mass is 10.1. The summed E-state index contributed by atoms with van der Waals surface area (Å²) in [6, 6.07) is 0. The number of carbonyl (C=O) groups excluding carboxylic acids is 1. The highest BCUT2D eigenvalue weighted by Gasteiger charge is 2.42. The van der Waals surface area contributed by atoms with E-state index in [4.69, 9.17) is 11.6 Å². The van der Waals surface area contributed by atoms with E-state index < -0.39 is 41.0 Å². The normalized spacial score (nSPS) is 12.4. The van der Waals surface area contributed by atoms with Crippen molar-refractivity contribution in [2.45, 2.75) is 18.4 Å². The third-order valence-electron chi connectivity index (χ3n) is 1.93. The second-order valence-electron chi connectivity index (χ2n) is 3.16. The SMILES string of the molecule is O=Cc1ncc(OC(F)(F)F)c(C(F)(F)F)c1CCl. The lowest BCUT2D eigenvalue weighted by molar-refractivity contribution is -0.276. The highest BCUT2D eigenvalue weighted by molar-refractivity contribution is 6.17. The van der Waals surface area contributed by atoms with Crippen LogP contribution in [-0.4, -0.2) is 17.6 Å². The second kappa shape index (κ2) is 5.24. The summed E-state index contributed by atoms with van der Waals surface area (Å²) < 4.78 is 77.5. The average molecular weight is 308 g/mol. The molecule has 10 heteroatoms. The lowest BCUT2D eigenvalue weighted by Crippen LogP contribution is -2.22. The number of aldehydes is 1. The number of carbonyl (C=O) groups is 1. The zero-order valence-corrected chi connectivity index (χ0v) is 9.53.